The minimum Gasteiger partial charge on any atom is -0.481 e. The Labute approximate surface area is 333 Å². The van der Waals surface area contributed by atoms with Gasteiger partial charge in [-0.2, -0.15) is 9.97 Å². The second kappa shape index (κ2) is 20.7. The van der Waals surface area contributed by atoms with Crippen molar-refractivity contribution in [3.05, 3.63) is 89.8 Å². The van der Waals surface area contributed by atoms with Crippen LogP contribution in [0.15, 0.2) is 57.5 Å². The third kappa shape index (κ3) is 12.2. The zero-order chi connectivity index (χ0) is 38.5. The van der Waals surface area contributed by atoms with E-state index in [1.165, 1.54) is 14.2 Å². The molecule has 0 saturated carbocycles. The van der Waals surface area contributed by atoms with Crippen LogP contribution in [0.5, 0.6) is 23.5 Å². The van der Waals surface area contributed by atoms with Crippen LogP contribution >= 0.6 is 55.1 Å². The minimum atomic E-state index is -1.08. The molecule has 17 heteroatoms. The van der Waals surface area contributed by atoms with E-state index < -0.39 is 18.0 Å². The van der Waals surface area contributed by atoms with Crippen LogP contribution in [0.25, 0.3) is 11.1 Å². The molecule has 13 nitrogen and oxygen atoms in total. The Morgan fingerprint density at radius 1 is 0.755 bits per heavy atom. The van der Waals surface area contributed by atoms with E-state index in [0.717, 1.165) is 5.56 Å². The Kier molecular flexibility index (Phi) is 16.4. The summed E-state index contributed by atoms with van der Waals surface area (Å²) < 4.78 is 24.2. The van der Waals surface area contributed by atoms with E-state index in [-0.39, 0.29) is 45.0 Å². The lowest BCUT2D eigenvalue weighted by Crippen LogP contribution is -2.28. The number of carbonyl (C=O) groups is 2. The van der Waals surface area contributed by atoms with E-state index in [1.807, 2.05) is 42.5 Å². The Hall–Kier alpha value is -3.70. The van der Waals surface area contributed by atoms with Gasteiger partial charge in [0.1, 0.15) is 13.2 Å². The number of ether oxygens (including phenoxy) is 4. The SMILES string of the molecule is COc1nc(OCc2cccc(-c3cccc(COc4nc(OC)c(CNC[C@@H](O)CC(=O)O)cc4Br)c3Cl)c2Cl)c(Br)cc1CNCCCC(=O)O. The Bertz CT molecular complexity index is 1900. The molecule has 1 atom stereocenters. The minimum absolute atomic E-state index is 0.0796. The van der Waals surface area contributed by atoms with Crippen molar-refractivity contribution in [1.29, 1.82) is 0 Å². The van der Waals surface area contributed by atoms with Gasteiger partial charge in [-0.05, 0) is 57.0 Å². The lowest BCUT2D eigenvalue weighted by molar-refractivity contribution is -0.139. The maximum absolute atomic E-state index is 10.8. The number of hydrogen-bond acceptors (Lipinski definition) is 11. The van der Waals surface area contributed by atoms with Gasteiger partial charge in [-0.25, -0.2) is 0 Å². The number of aromatic nitrogens is 2. The van der Waals surface area contributed by atoms with E-state index in [4.69, 9.17) is 52.4 Å². The van der Waals surface area contributed by atoms with Gasteiger partial charge < -0.3 is 44.9 Å². The number of hydrogen-bond donors (Lipinski definition) is 5. The van der Waals surface area contributed by atoms with E-state index in [2.05, 4.69) is 52.5 Å². The molecule has 0 radical (unpaired) electrons. The summed E-state index contributed by atoms with van der Waals surface area (Å²) in [4.78, 5) is 30.5. The van der Waals surface area contributed by atoms with Crippen LogP contribution in [0.1, 0.15) is 41.5 Å². The van der Waals surface area contributed by atoms with Crippen molar-refractivity contribution >= 4 is 67.0 Å². The Morgan fingerprint density at radius 3 is 1.70 bits per heavy atom. The smallest absolute Gasteiger partial charge is 0.306 e. The highest BCUT2D eigenvalue weighted by Crippen LogP contribution is 2.38. The number of rotatable bonds is 21. The number of pyridine rings is 2. The van der Waals surface area contributed by atoms with Gasteiger partial charge in [-0.15, -0.1) is 0 Å². The first kappa shape index (κ1) is 42.0. The summed E-state index contributed by atoms with van der Waals surface area (Å²) in [6.07, 6.45) is -0.804. The van der Waals surface area contributed by atoms with Gasteiger partial charge in [0.15, 0.2) is 0 Å². The van der Waals surface area contributed by atoms with E-state index in [9.17, 15) is 14.7 Å². The monoisotopic (exact) mass is 898 g/mol. The zero-order valence-electron chi connectivity index (χ0n) is 28.8. The maximum atomic E-state index is 10.8. The molecule has 0 aliphatic rings. The van der Waals surface area contributed by atoms with Crippen molar-refractivity contribution < 1.29 is 43.9 Å². The van der Waals surface area contributed by atoms with Crippen LogP contribution < -0.4 is 29.6 Å². The molecule has 0 unspecified atom stereocenters. The summed E-state index contributed by atoms with van der Waals surface area (Å²) in [5, 5.41) is 34.6. The molecule has 0 amide bonds. The van der Waals surface area contributed by atoms with Crippen LogP contribution in [-0.2, 0) is 35.9 Å². The van der Waals surface area contributed by atoms with Gasteiger partial charge in [0.05, 0.1) is 45.7 Å². The van der Waals surface area contributed by atoms with E-state index in [0.29, 0.717) is 84.0 Å². The van der Waals surface area contributed by atoms with Gasteiger partial charge in [-0.3, -0.25) is 9.59 Å². The normalized spacial score (nSPS) is 11.6. The number of carboxylic acids is 2. The number of aliphatic hydroxyl groups excluding tert-OH is 1. The van der Waals surface area contributed by atoms with E-state index in [1.54, 1.807) is 6.07 Å². The molecular formula is C36H38Br2Cl2N4O9. The lowest BCUT2D eigenvalue weighted by atomic mass is 10.0. The molecule has 0 fully saturated rings. The molecule has 2 aromatic carbocycles. The molecule has 0 aliphatic heterocycles. The fraction of sp³-hybridized carbons (Fsp3) is 0.333. The molecule has 284 valence electrons. The number of carboxylic acid groups (broad SMARTS) is 2. The number of aliphatic hydroxyl groups is 1. The highest BCUT2D eigenvalue weighted by molar-refractivity contribution is 9.10. The quantitative estimate of drug-likeness (QED) is 0.0539. The molecule has 0 saturated heterocycles. The number of methoxy groups -OCH3 is 2. The summed E-state index contributed by atoms with van der Waals surface area (Å²) in [7, 11) is 2.99. The van der Waals surface area contributed by atoms with Gasteiger partial charge >= 0.3 is 11.9 Å². The van der Waals surface area contributed by atoms with Gasteiger partial charge in [0.2, 0.25) is 23.5 Å². The van der Waals surface area contributed by atoms with E-state index >= 15 is 0 Å². The highest BCUT2D eigenvalue weighted by Gasteiger charge is 2.18. The number of benzene rings is 2. The van der Waals surface area contributed by atoms with Crippen molar-refractivity contribution in [2.24, 2.45) is 0 Å². The predicted octanol–water partition coefficient (Wildman–Crippen LogP) is 7.03. The first-order chi connectivity index (χ1) is 25.4. The second-order valence-electron chi connectivity index (χ2n) is 11.6. The van der Waals surface area contributed by atoms with Gasteiger partial charge in [-0.1, -0.05) is 59.6 Å². The van der Waals surface area contributed by atoms with Crippen molar-refractivity contribution in [2.75, 3.05) is 27.3 Å². The van der Waals surface area contributed by atoms with Crippen LogP contribution in [0, 0.1) is 0 Å². The largest absolute Gasteiger partial charge is 0.481 e. The summed E-state index contributed by atoms with van der Waals surface area (Å²) in [5.74, 6) is -0.664. The van der Waals surface area contributed by atoms with Gasteiger partial charge in [0.25, 0.3) is 0 Å². The molecule has 4 rings (SSSR count). The molecule has 53 heavy (non-hydrogen) atoms. The standard InChI is InChI=1S/C36H38Br2Cl2N4O9/c1-50-33-22(15-41-11-5-10-29(46)47)12-27(37)35(43-33)52-18-20-6-3-8-25(31(20)39)26-9-4-7-21(32(26)40)19-53-36-28(38)13-23(34(44-36)51-2)16-42-17-24(45)14-30(48)49/h3-4,6-9,12-13,24,41-42,45H,5,10-11,14-19H2,1-2H3,(H,46,47)(H,48,49)/t24-/m0/s1. The highest BCUT2D eigenvalue weighted by atomic mass is 79.9. The predicted molar refractivity (Wildman–Crippen MR) is 206 cm³/mol. The molecular weight excluding hydrogens is 863 g/mol. The van der Waals surface area contributed by atoms with Crippen molar-refractivity contribution in [2.45, 2.75) is 51.7 Å². The topological polar surface area (TPSA) is 182 Å². The van der Waals surface area contributed by atoms with Crippen LogP contribution in [0.4, 0.5) is 0 Å². The zero-order valence-corrected chi connectivity index (χ0v) is 33.4. The third-order valence-electron chi connectivity index (χ3n) is 7.69. The second-order valence-corrected chi connectivity index (χ2v) is 14.0. The maximum Gasteiger partial charge on any atom is 0.306 e. The molecule has 0 spiro atoms. The summed E-state index contributed by atoms with van der Waals surface area (Å²) >= 11 is 20.9. The third-order valence-corrected chi connectivity index (χ3v) is 9.72. The average molecular weight is 901 g/mol. The summed E-state index contributed by atoms with van der Waals surface area (Å²) in [6.45, 7) is 1.50. The van der Waals surface area contributed by atoms with Crippen LogP contribution in [0.2, 0.25) is 10.0 Å². The molecule has 5 N–H and O–H groups in total. The molecule has 2 aromatic heterocycles. The fourth-order valence-electron chi connectivity index (χ4n) is 5.12. The van der Waals surface area contributed by atoms with Crippen LogP contribution in [0.3, 0.4) is 0 Å². The van der Waals surface area contributed by atoms with Crippen molar-refractivity contribution in [1.82, 2.24) is 20.6 Å². The number of halogens is 4. The molecule has 2 heterocycles. The fourth-order valence-corrected chi connectivity index (χ4v) is 6.65. The lowest BCUT2D eigenvalue weighted by Gasteiger charge is -2.16. The number of aliphatic carboxylic acids is 2. The first-order valence-electron chi connectivity index (χ1n) is 16.2. The number of nitrogens with one attached hydrogen (secondary N) is 2. The Balaban J connectivity index is 1.43. The van der Waals surface area contributed by atoms with Gasteiger partial charge in [0, 0.05) is 59.4 Å². The van der Waals surface area contributed by atoms with Crippen molar-refractivity contribution in [3.63, 3.8) is 0 Å². The molecule has 4 aromatic rings. The molecule has 0 aliphatic carbocycles. The first-order valence-corrected chi connectivity index (χ1v) is 18.6. The van der Waals surface area contributed by atoms with Crippen LogP contribution in [-0.4, -0.2) is 70.6 Å². The average Bonchev–Trinajstić information content (AvgIpc) is 3.11. The molecule has 0 bridgehead atoms. The summed E-state index contributed by atoms with van der Waals surface area (Å²) in [6, 6.07) is 14.7. The summed E-state index contributed by atoms with van der Waals surface area (Å²) in [5.41, 5.74) is 4.22. The Morgan fingerprint density at radius 2 is 1.25 bits per heavy atom. The number of nitrogens with zero attached hydrogens (tertiary/aromatic N) is 2. The van der Waals surface area contributed by atoms with Crippen molar-refractivity contribution in [3.8, 4) is 34.6 Å².